The Labute approximate surface area is 152 Å². The Morgan fingerprint density at radius 3 is 2.64 bits per heavy atom. The van der Waals surface area contributed by atoms with Gasteiger partial charge in [-0.2, -0.15) is 0 Å². The number of likely N-dealkylation sites (N-methyl/N-ethyl adjacent to an activating group) is 1. The van der Waals surface area contributed by atoms with Crippen LogP contribution < -0.4 is 15.0 Å². The summed E-state index contributed by atoms with van der Waals surface area (Å²) < 4.78 is 18.4. The maximum Gasteiger partial charge on any atom is 0.279 e. The molecule has 0 fully saturated rings. The number of carbonyl (C=O) groups is 1. The van der Waals surface area contributed by atoms with Crippen LogP contribution in [0.3, 0.4) is 0 Å². The van der Waals surface area contributed by atoms with Crippen molar-refractivity contribution in [3.05, 3.63) is 54.3 Å². The van der Waals surface area contributed by atoms with Crippen LogP contribution in [-0.2, 0) is 4.79 Å². The van der Waals surface area contributed by atoms with Crippen molar-refractivity contribution in [2.45, 2.75) is 11.3 Å². The lowest BCUT2D eigenvalue weighted by molar-refractivity contribution is -0.871. The fraction of sp³-hybridized carbons (Fsp3) is 0.316. The first-order valence-electron chi connectivity index (χ1n) is 8.21. The summed E-state index contributed by atoms with van der Waals surface area (Å²) in [6.07, 6.45) is 2.81. The molecule has 134 valence electrons. The molecule has 0 bridgehead atoms. The molecule has 6 heteroatoms. The van der Waals surface area contributed by atoms with E-state index < -0.39 is 0 Å². The minimum absolute atomic E-state index is 0.00143. The van der Waals surface area contributed by atoms with Crippen molar-refractivity contribution in [2.24, 2.45) is 0 Å². The lowest BCUT2D eigenvalue weighted by Crippen LogP contribution is -3.10. The van der Waals surface area contributed by atoms with Gasteiger partial charge in [0.05, 0.1) is 25.9 Å². The van der Waals surface area contributed by atoms with Crippen LogP contribution in [0, 0.1) is 5.82 Å². The number of benzene rings is 2. The van der Waals surface area contributed by atoms with Crippen LogP contribution in [0.1, 0.15) is 6.42 Å². The maximum absolute atomic E-state index is 12.8. The van der Waals surface area contributed by atoms with Crippen LogP contribution in [0.5, 0.6) is 5.75 Å². The van der Waals surface area contributed by atoms with E-state index in [0.29, 0.717) is 18.9 Å². The first-order valence-corrected chi connectivity index (χ1v) is 9.43. The molecule has 0 aliphatic heterocycles. The van der Waals surface area contributed by atoms with Gasteiger partial charge in [-0.3, -0.25) is 4.79 Å². The van der Waals surface area contributed by atoms with Crippen LogP contribution in [-0.4, -0.2) is 38.9 Å². The first kappa shape index (κ1) is 19.3. The molecule has 2 aromatic rings. The molecule has 0 aromatic heterocycles. The van der Waals surface area contributed by atoms with Crippen LogP contribution >= 0.6 is 11.8 Å². The molecule has 0 spiro atoms. The number of hydrogen-bond acceptors (Lipinski definition) is 3. The van der Waals surface area contributed by atoms with Gasteiger partial charge < -0.3 is 15.0 Å². The molecule has 2 aromatic carbocycles. The van der Waals surface area contributed by atoms with E-state index in [4.69, 9.17) is 4.74 Å². The highest BCUT2D eigenvalue weighted by Gasteiger charge is 2.11. The number of halogens is 1. The van der Waals surface area contributed by atoms with Crippen molar-refractivity contribution >= 4 is 23.4 Å². The lowest BCUT2D eigenvalue weighted by Gasteiger charge is -2.15. The lowest BCUT2D eigenvalue weighted by atomic mass is 10.3. The van der Waals surface area contributed by atoms with Gasteiger partial charge in [0.25, 0.3) is 5.91 Å². The zero-order chi connectivity index (χ0) is 18.1. The summed E-state index contributed by atoms with van der Waals surface area (Å²) in [5, 5.41) is 2.97. The molecule has 2 rings (SSSR count). The van der Waals surface area contributed by atoms with E-state index in [1.165, 1.54) is 12.1 Å². The summed E-state index contributed by atoms with van der Waals surface area (Å²) in [6.45, 7) is 1.76. The molecule has 0 aliphatic rings. The van der Waals surface area contributed by atoms with Gasteiger partial charge in [0.15, 0.2) is 6.54 Å². The number of nitrogens with one attached hydrogen (secondary N) is 2. The second kappa shape index (κ2) is 10.1. The summed E-state index contributed by atoms with van der Waals surface area (Å²) >= 11 is 1.61. The Hall–Kier alpha value is -2.05. The molecular weight excluding hydrogens is 339 g/mol. The number of anilines is 1. The number of quaternary nitrogens is 1. The largest absolute Gasteiger partial charge is 0.493 e. The van der Waals surface area contributed by atoms with E-state index in [2.05, 4.69) is 5.32 Å². The van der Waals surface area contributed by atoms with E-state index in [1.807, 2.05) is 37.6 Å². The normalized spacial score (nSPS) is 11.8. The minimum Gasteiger partial charge on any atom is -0.493 e. The molecule has 1 unspecified atom stereocenters. The molecular formula is C19H24FN2O2S+. The number of ether oxygens (including phenoxy) is 1. The molecule has 2 N–H and O–H groups in total. The summed E-state index contributed by atoms with van der Waals surface area (Å²) in [5.41, 5.74) is 0.854. The fourth-order valence-corrected chi connectivity index (χ4v) is 2.95. The minimum atomic E-state index is -0.273. The van der Waals surface area contributed by atoms with Gasteiger partial charge in [0.2, 0.25) is 0 Å². The van der Waals surface area contributed by atoms with Crippen molar-refractivity contribution in [3.8, 4) is 5.75 Å². The Balaban J connectivity index is 1.68. The predicted molar refractivity (Wildman–Crippen MR) is 100.0 cm³/mol. The Morgan fingerprint density at radius 1 is 1.20 bits per heavy atom. The van der Waals surface area contributed by atoms with Gasteiger partial charge in [-0.1, -0.05) is 12.1 Å². The van der Waals surface area contributed by atoms with Gasteiger partial charge in [0, 0.05) is 11.3 Å². The summed E-state index contributed by atoms with van der Waals surface area (Å²) in [4.78, 5) is 14.3. The molecule has 1 atom stereocenters. The summed E-state index contributed by atoms with van der Waals surface area (Å²) in [6, 6.07) is 13.8. The van der Waals surface area contributed by atoms with Crippen molar-refractivity contribution in [3.63, 3.8) is 0 Å². The van der Waals surface area contributed by atoms with Gasteiger partial charge in [-0.25, -0.2) is 4.39 Å². The fourth-order valence-electron chi connectivity index (χ4n) is 2.40. The second-order valence-electron chi connectivity index (χ2n) is 5.79. The zero-order valence-corrected chi connectivity index (χ0v) is 15.4. The number of rotatable bonds is 9. The SMILES string of the molecule is CSc1ccccc1NC(=O)C[NH+](C)CCCOc1ccc(F)cc1. The van der Waals surface area contributed by atoms with Gasteiger partial charge in [-0.05, 0) is 42.7 Å². The number of hydrogen-bond donors (Lipinski definition) is 2. The monoisotopic (exact) mass is 363 g/mol. The van der Waals surface area contributed by atoms with Crippen molar-refractivity contribution < 1.29 is 18.8 Å². The first-order chi connectivity index (χ1) is 12.1. The van der Waals surface area contributed by atoms with Crippen molar-refractivity contribution in [2.75, 3.05) is 38.3 Å². The molecule has 1 amide bonds. The van der Waals surface area contributed by atoms with E-state index in [9.17, 15) is 9.18 Å². The van der Waals surface area contributed by atoms with Crippen LogP contribution in [0.25, 0.3) is 0 Å². The molecule has 0 saturated carbocycles. The topological polar surface area (TPSA) is 42.8 Å². The highest BCUT2D eigenvalue weighted by molar-refractivity contribution is 7.98. The van der Waals surface area contributed by atoms with Gasteiger partial charge in [-0.15, -0.1) is 11.8 Å². The summed E-state index contributed by atoms with van der Waals surface area (Å²) in [5.74, 6) is 0.384. The number of para-hydroxylation sites is 1. The van der Waals surface area contributed by atoms with Gasteiger partial charge >= 0.3 is 0 Å². The van der Waals surface area contributed by atoms with Gasteiger partial charge in [0.1, 0.15) is 11.6 Å². The van der Waals surface area contributed by atoms with Crippen LogP contribution in [0.4, 0.5) is 10.1 Å². The van der Waals surface area contributed by atoms with E-state index in [0.717, 1.165) is 28.4 Å². The second-order valence-corrected chi connectivity index (χ2v) is 6.64. The smallest absolute Gasteiger partial charge is 0.279 e. The third kappa shape index (κ3) is 6.76. The van der Waals surface area contributed by atoms with Crippen molar-refractivity contribution in [1.29, 1.82) is 0 Å². The quantitative estimate of drug-likeness (QED) is 0.531. The molecule has 0 heterocycles. The molecule has 0 saturated heterocycles. The summed E-state index contributed by atoms with van der Waals surface area (Å²) in [7, 11) is 1.98. The molecule has 0 aliphatic carbocycles. The predicted octanol–water partition coefficient (Wildman–Crippen LogP) is 2.47. The Bertz CT molecular complexity index is 679. The maximum atomic E-state index is 12.8. The Kier molecular flexibility index (Phi) is 7.76. The molecule has 4 nitrogen and oxygen atoms in total. The zero-order valence-electron chi connectivity index (χ0n) is 14.5. The van der Waals surface area contributed by atoms with Crippen molar-refractivity contribution in [1.82, 2.24) is 0 Å². The highest BCUT2D eigenvalue weighted by Crippen LogP contribution is 2.24. The molecule has 25 heavy (non-hydrogen) atoms. The van der Waals surface area contributed by atoms with Crippen LogP contribution in [0.15, 0.2) is 53.4 Å². The number of amides is 1. The number of thioether (sulfide) groups is 1. The van der Waals surface area contributed by atoms with E-state index in [-0.39, 0.29) is 11.7 Å². The average Bonchev–Trinajstić information content (AvgIpc) is 2.60. The van der Waals surface area contributed by atoms with E-state index in [1.54, 1.807) is 23.9 Å². The highest BCUT2D eigenvalue weighted by atomic mass is 32.2. The average molecular weight is 363 g/mol. The van der Waals surface area contributed by atoms with E-state index >= 15 is 0 Å². The number of carbonyl (C=O) groups excluding carboxylic acids is 1. The third-order valence-corrected chi connectivity index (χ3v) is 4.47. The standard InChI is InChI=1S/C19H23FN2O2S/c1-22(12-5-13-24-16-10-8-15(20)9-11-16)14-19(23)21-17-6-3-4-7-18(17)25-2/h3-4,6-11H,5,12-14H2,1-2H3,(H,21,23)/p+1. The third-order valence-electron chi connectivity index (χ3n) is 3.67. The Morgan fingerprint density at radius 2 is 1.92 bits per heavy atom. The molecule has 0 radical (unpaired) electrons. The van der Waals surface area contributed by atoms with Crippen LogP contribution in [0.2, 0.25) is 0 Å².